The average Bonchev–Trinajstić information content (AvgIpc) is 2.57. The van der Waals surface area contributed by atoms with Crippen molar-refractivity contribution in [2.75, 3.05) is 7.11 Å². The number of hydrogen-bond acceptors (Lipinski definition) is 3. The first-order valence-electron chi connectivity index (χ1n) is 8.50. The summed E-state index contributed by atoms with van der Waals surface area (Å²) in [5.41, 5.74) is 4.12. The van der Waals surface area contributed by atoms with Crippen LogP contribution in [0.4, 0.5) is 0 Å². The van der Waals surface area contributed by atoms with Crippen LogP contribution in [0, 0.1) is 5.92 Å². The third kappa shape index (κ3) is 2.81. The largest absolute Gasteiger partial charge is 0.399 e. The maximum Gasteiger partial charge on any atom is 0.166 e. The summed E-state index contributed by atoms with van der Waals surface area (Å²) in [6.07, 6.45) is 7.66. The van der Waals surface area contributed by atoms with Crippen LogP contribution in [0.3, 0.4) is 0 Å². The minimum Gasteiger partial charge on any atom is -0.399 e. The smallest absolute Gasteiger partial charge is 0.166 e. The Balaban J connectivity index is 2.03. The van der Waals surface area contributed by atoms with Gasteiger partial charge in [0.2, 0.25) is 0 Å². The lowest BCUT2D eigenvalue weighted by Crippen LogP contribution is -2.24. The highest BCUT2D eigenvalue weighted by atomic mass is 16.6. The number of Topliss-reactive ketones (excluding diaryl/α,β-unsaturated/α-hetero) is 1. The fourth-order valence-electron chi connectivity index (χ4n) is 3.93. The van der Waals surface area contributed by atoms with E-state index in [-0.39, 0.29) is 5.92 Å². The Morgan fingerprint density at radius 3 is 2.68 bits per heavy atom. The van der Waals surface area contributed by atoms with Gasteiger partial charge >= 0.3 is 0 Å². The standard InChI is InChI=1S/C19H25NO2/c1-13-11-12-17(20-22-2)18-15(13)9-6-10-16(18)19(21)14-7-4-3-5-8-14/h6,9-10,13-14H,3-5,7-8,11-12H2,1-2H3/b20-17+. The van der Waals surface area contributed by atoms with E-state index < -0.39 is 0 Å². The maximum atomic E-state index is 13.0. The fraction of sp³-hybridized carbons (Fsp3) is 0.579. The van der Waals surface area contributed by atoms with E-state index in [1.54, 1.807) is 7.11 Å². The molecule has 0 radical (unpaired) electrons. The van der Waals surface area contributed by atoms with Gasteiger partial charge in [-0.2, -0.15) is 0 Å². The van der Waals surface area contributed by atoms with Gasteiger partial charge in [-0.1, -0.05) is 49.5 Å². The molecule has 0 bridgehead atoms. The first kappa shape index (κ1) is 15.3. The molecule has 0 spiro atoms. The molecule has 1 aromatic carbocycles. The second-order valence-corrected chi connectivity index (χ2v) is 6.63. The molecule has 2 aliphatic carbocycles. The molecule has 0 N–H and O–H groups in total. The van der Waals surface area contributed by atoms with Crippen molar-refractivity contribution >= 4 is 11.5 Å². The Morgan fingerprint density at radius 1 is 1.18 bits per heavy atom. The number of ketones is 1. The lowest BCUT2D eigenvalue weighted by molar-refractivity contribution is 0.0889. The highest BCUT2D eigenvalue weighted by Crippen LogP contribution is 2.36. The van der Waals surface area contributed by atoms with Crippen molar-refractivity contribution in [1.82, 2.24) is 0 Å². The van der Waals surface area contributed by atoms with Crippen molar-refractivity contribution < 1.29 is 9.63 Å². The summed E-state index contributed by atoms with van der Waals surface area (Å²) in [4.78, 5) is 18.1. The third-order valence-corrected chi connectivity index (χ3v) is 5.17. The van der Waals surface area contributed by atoms with Gasteiger partial charge in [0.05, 0.1) is 5.71 Å². The summed E-state index contributed by atoms with van der Waals surface area (Å²) >= 11 is 0. The van der Waals surface area contributed by atoms with Crippen LogP contribution < -0.4 is 0 Å². The molecule has 1 aromatic rings. The Kier molecular flexibility index (Phi) is 4.60. The zero-order chi connectivity index (χ0) is 15.5. The van der Waals surface area contributed by atoms with Crippen LogP contribution in [0.25, 0.3) is 0 Å². The molecular formula is C19H25NO2. The average molecular weight is 299 g/mol. The SMILES string of the molecule is CO/N=C1\CCC(C)c2cccc(C(=O)C3CCCCC3)c21. The Morgan fingerprint density at radius 2 is 1.95 bits per heavy atom. The molecule has 0 aromatic heterocycles. The number of benzene rings is 1. The molecule has 0 saturated heterocycles. The van der Waals surface area contributed by atoms with Crippen molar-refractivity contribution in [3.8, 4) is 0 Å². The molecule has 118 valence electrons. The molecule has 2 aliphatic rings. The number of hydrogen-bond donors (Lipinski definition) is 0. The topological polar surface area (TPSA) is 38.7 Å². The maximum absolute atomic E-state index is 13.0. The van der Waals surface area contributed by atoms with Gasteiger partial charge in [-0.25, -0.2) is 0 Å². The number of fused-ring (bicyclic) bond motifs is 1. The lowest BCUT2D eigenvalue weighted by Gasteiger charge is -2.27. The normalized spacial score (nSPS) is 24.1. The number of carbonyl (C=O) groups excluding carboxylic acids is 1. The van der Waals surface area contributed by atoms with Crippen molar-refractivity contribution in [1.29, 1.82) is 0 Å². The van der Waals surface area contributed by atoms with Crippen molar-refractivity contribution in [2.24, 2.45) is 11.1 Å². The van der Waals surface area contributed by atoms with Gasteiger partial charge in [0.15, 0.2) is 5.78 Å². The predicted molar refractivity (Wildman–Crippen MR) is 88.5 cm³/mol. The van der Waals surface area contributed by atoms with Crippen LogP contribution in [-0.2, 0) is 4.84 Å². The minimum absolute atomic E-state index is 0.196. The van der Waals surface area contributed by atoms with Crippen molar-refractivity contribution in [3.05, 3.63) is 34.9 Å². The monoisotopic (exact) mass is 299 g/mol. The van der Waals surface area contributed by atoms with Gasteiger partial charge in [0.25, 0.3) is 0 Å². The van der Waals surface area contributed by atoms with Crippen LogP contribution >= 0.6 is 0 Å². The lowest BCUT2D eigenvalue weighted by atomic mass is 9.76. The van der Waals surface area contributed by atoms with E-state index >= 15 is 0 Å². The predicted octanol–water partition coefficient (Wildman–Crippen LogP) is 4.70. The number of carbonyl (C=O) groups is 1. The molecule has 3 rings (SSSR count). The summed E-state index contributed by atoms with van der Waals surface area (Å²) in [6, 6.07) is 6.15. The molecule has 3 heteroatoms. The molecule has 1 unspecified atom stereocenters. The number of oxime groups is 1. The van der Waals surface area contributed by atoms with E-state index in [0.717, 1.165) is 42.5 Å². The van der Waals surface area contributed by atoms with E-state index in [0.29, 0.717) is 11.7 Å². The Hall–Kier alpha value is -1.64. The molecule has 1 saturated carbocycles. The fourth-order valence-corrected chi connectivity index (χ4v) is 3.93. The summed E-state index contributed by atoms with van der Waals surface area (Å²) < 4.78 is 0. The summed E-state index contributed by atoms with van der Waals surface area (Å²) in [5.74, 6) is 0.987. The zero-order valence-corrected chi connectivity index (χ0v) is 13.6. The van der Waals surface area contributed by atoms with Crippen LogP contribution in [0.5, 0.6) is 0 Å². The van der Waals surface area contributed by atoms with E-state index in [9.17, 15) is 4.79 Å². The molecule has 0 aliphatic heterocycles. The molecule has 1 fully saturated rings. The molecule has 1 atom stereocenters. The van der Waals surface area contributed by atoms with Gasteiger partial charge in [-0.15, -0.1) is 0 Å². The van der Waals surface area contributed by atoms with E-state index in [1.807, 2.05) is 12.1 Å². The molecule has 0 heterocycles. The Labute approximate surface area is 132 Å². The van der Waals surface area contributed by atoms with E-state index in [2.05, 4.69) is 18.1 Å². The molecule has 3 nitrogen and oxygen atoms in total. The first-order valence-corrected chi connectivity index (χ1v) is 8.50. The first-order chi connectivity index (χ1) is 10.7. The van der Waals surface area contributed by atoms with Crippen molar-refractivity contribution in [2.45, 2.75) is 57.8 Å². The molecule has 22 heavy (non-hydrogen) atoms. The highest BCUT2D eigenvalue weighted by Gasteiger charge is 2.30. The van der Waals surface area contributed by atoms with Crippen LogP contribution in [0.15, 0.2) is 23.4 Å². The summed E-state index contributed by atoms with van der Waals surface area (Å²) in [5, 5.41) is 4.21. The van der Waals surface area contributed by atoms with Crippen LogP contribution in [0.2, 0.25) is 0 Å². The van der Waals surface area contributed by atoms with Gasteiger partial charge in [-0.3, -0.25) is 4.79 Å². The van der Waals surface area contributed by atoms with Crippen LogP contribution in [-0.4, -0.2) is 18.6 Å². The zero-order valence-electron chi connectivity index (χ0n) is 13.6. The highest BCUT2D eigenvalue weighted by molar-refractivity contribution is 6.13. The number of rotatable bonds is 3. The van der Waals surface area contributed by atoms with E-state index in [4.69, 9.17) is 4.84 Å². The second-order valence-electron chi connectivity index (χ2n) is 6.63. The Bertz CT molecular complexity index is 585. The summed E-state index contributed by atoms with van der Waals surface area (Å²) in [6.45, 7) is 2.23. The molecular weight excluding hydrogens is 274 g/mol. The third-order valence-electron chi connectivity index (χ3n) is 5.17. The summed E-state index contributed by atoms with van der Waals surface area (Å²) in [7, 11) is 1.58. The van der Waals surface area contributed by atoms with Crippen molar-refractivity contribution in [3.63, 3.8) is 0 Å². The van der Waals surface area contributed by atoms with Gasteiger partial charge in [0, 0.05) is 17.0 Å². The molecule has 0 amide bonds. The van der Waals surface area contributed by atoms with Gasteiger partial charge in [0.1, 0.15) is 7.11 Å². The quantitative estimate of drug-likeness (QED) is 0.599. The van der Waals surface area contributed by atoms with E-state index in [1.165, 1.54) is 24.8 Å². The van der Waals surface area contributed by atoms with Gasteiger partial charge < -0.3 is 4.84 Å². The number of nitrogens with zero attached hydrogens (tertiary/aromatic N) is 1. The van der Waals surface area contributed by atoms with Gasteiger partial charge in [-0.05, 0) is 37.2 Å². The second kappa shape index (κ2) is 6.64. The van der Waals surface area contributed by atoms with Crippen LogP contribution in [0.1, 0.15) is 79.3 Å². The minimum atomic E-state index is 0.196.